The van der Waals surface area contributed by atoms with Gasteiger partial charge in [0.25, 0.3) is 0 Å². The molecule has 1 rings (SSSR count). The van der Waals surface area contributed by atoms with Gasteiger partial charge in [0.05, 0.1) is 0 Å². The van der Waals surface area contributed by atoms with Crippen LogP contribution in [0.4, 0.5) is 5.82 Å². The molecule has 3 heteroatoms. The SMILES string of the molecule is CCCC(CC)Nc1ncccc1C(=N)C(C)(C)C. The molecule has 3 nitrogen and oxygen atoms in total. The van der Waals surface area contributed by atoms with Crippen LogP contribution in [0.1, 0.15) is 59.4 Å². The minimum atomic E-state index is -0.161. The Labute approximate surface area is 117 Å². The van der Waals surface area contributed by atoms with Crippen molar-refractivity contribution in [1.29, 1.82) is 5.41 Å². The van der Waals surface area contributed by atoms with E-state index in [1.54, 1.807) is 6.20 Å². The van der Waals surface area contributed by atoms with Crippen LogP contribution in [0.5, 0.6) is 0 Å². The van der Waals surface area contributed by atoms with Gasteiger partial charge in [-0.15, -0.1) is 0 Å². The van der Waals surface area contributed by atoms with E-state index in [0.717, 1.165) is 30.6 Å². The highest BCUT2D eigenvalue weighted by atomic mass is 15.0. The lowest BCUT2D eigenvalue weighted by Crippen LogP contribution is -2.25. The minimum absolute atomic E-state index is 0.161. The molecule has 0 spiro atoms. The molecule has 2 N–H and O–H groups in total. The molecule has 1 atom stereocenters. The zero-order valence-electron chi connectivity index (χ0n) is 12.9. The van der Waals surface area contributed by atoms with Gasteiger partial charge in [-0.3, -0.25) is 0 Å². The first-order valence-electron chi connectivity index (χ1n) is 7.21. The fourth-order valence-corrected chi connectivity index (χ4v) is 2.05. The van der Waals surface area contributed by atoms with Crippen LogP contribution >= 0.6 is 0 Å². The van der Waals surface area contributed by atoms with Gasteiger partial charge in [0.1, 0.15) is 5.82 Å². The molecule has 1 unspecified atom stereocenters. The number of anilines is 1. The number of nitrogens with one attached hydrogen (secondary N) is 2. The second kappa shape index (κ2) is 6.69. The highest BCUT2D eigenvalue weighted by molar-refractivity contribution is 6.05. The molecule has 19 heavy (non-hydrogen) atoms. The third-order valence-electron chi connectivity index (χ3n) is 3.30. The molecule has 0 amide bonds. The Bertz CT molecular complexity index is 418. The smallest absolute Gasteiger partial charge is 0.135 e. The summed E-state index contributed by atoms with van der Waals surface area (Å²) in [5, 5.41) is 11.8. The Hall–Kier alpha value is -1.38. The summed E-state index contributed by atoms with van der Waals surface area (Å²) in [5.74, 6) is 0.850. The second-order valence-corrected chi connectivity index (χ2v) is 6.06. The number of aromatic nitrogens is 1. The zero-order chi connectivity index (χ0) is 14.5. The Morgan fingerprint density at radius 2 is 2.05 bits per heavy atom. The van der Waals surface area contributed by atoms with E-state index in [1.807, 2.05) is 12.1 Å². The van der Waals surface area contributed by atoms with Crippen LogP contribution in [-0.4, -0.2) is 16.7 Å². The summed E-state index contributed by atoms with van der Waals surface area (Å²) >= 11 is 0. The quantitative estimate of drug-likeness (QED) is 0.741. The summed E-state index contributed by atoms with van der Waals surface area (Å²) in [6.45, 7) is 10.6. The third kappa shape index (κ3) is 4.34. The Morgan fingerprint density at radius 1 is 1.37 bits per heavy atom. The predicted octanol–water partition coefficient (Wildman–Crippen LogP) is 4.49. The van der Waals surface area contributed by atoms with Crippen LogP contribution in [0, 0.1) is 10.8 Å². The van der Waals surface area contributed by atoms with Gasteiger partial charge in [0.15, 0.2) is 0 Å². The van der Waals surface area contributed by atoms with E-state index >= 15 is 0 Å². The monoisotopic (exact) mass is 261 g/mol. The summed E-state index contributed by atoms with van der Waals surface area (Å²) in [4.78, 5) is 4.43. The number of nitrogens with zero attached hydrogens (tertiary/aromatic N) is 1. The lowest BCUT2D eigenvalue weighted by molar-refractivity contribution is 0.587. The standard InChI is InChI=1S/C16H27N3/c1-6-9-12(7-2)19-15-13(10-8-11-18-15)14(17)16(3,4)5/h8,10-12,17H,6-7,9H2,1-5H3,(H,18,19). The van der Waals surface area contributed by atoms with Crippen LogP contribution in [0.3, 0.4) is 0 Å². The fraction of sp³-hybridized carbons (Fsp3) is 0.625. The number of hydrogen-bond donors (Lipinski definition) is 2. The van der Waals surface area contributed by atoms with Crippen molar-refractivity contribution in [2.24, 2.45) is 5.41 Å². The summed E-state index contributed by atoms with van der Waals surface area (Å²) in [6.07, 6.45) is 5.16. The van der Waals surface area contributed by atoms with Crippen LogP contribution in [0.25, 0.3) is 0 Å². The van der Waals surface area contributed by atoms with E-state index in [9.17, 15) is 0 Å². The maximum Gasteiger partial charge on any atom is 0.135 e. The average molecular weight is 261 g/mol. The van der Waals surface area contributed by atoms with E-state index in [4.69, 9.17) is 5.41 Å². The van der Waals surface area contributed by atoms with Gasteiger partial charge in [-0.05, 0) is 25.0 Å². The van der Waals surface area contributed by atoms with Crippen molar-refractivity contribution in [3.63, 3.8) is 0 Å². The molecule has 1 heterocycles. The van der Waals surface area contributed by atoms with Crippen LogP contribution in [0.15, 0.2) is 18.3 Å². The summed E-state index contributed by atoms with van der Waals surface area (Å²) < 4.78 is 0. The van der Waals surface area contributed by atoms with Gasteiger partial charge in [0, 0.05) is 28.9 Å². The molecule has 0 saturated carbocycles. The molecular weight excluding hydrogens is 234 g/mol. The molecule has 0 saturated heterocycles. The normalized spacial score (nSPS) is 13.1. The van der Waals surface area contributed by atoms with Crippen molar-refractivity contribution in [2.45, 2.75) is 59.9 Å². The molecule has 0 fully saturated rings. The number of rotatable bonds is 6. The first-order valence-corrected chi connectivity index (χ1v) is 7.21. The topological polar surface area (TPSA) is 48.8 Å². The van der Waals surface area contributed by atoms with Crippen molar-refractivity contribution < 1.29 is 0 Å². The lowest BCUT2D eigenvalue weighted by atomic mass is 9.86. The molecule has 0 aliphatic rings. The lowest BCUT2D eigenvalue weighted by Gasteiger charge is -2.24. The highest BCUT2D eigenvalue weighted by Crippen LogP contribution is 2.25. The predicted molar refractivity (Wildman–Crippen MR) is 83.1 cm³/mol. The Balaban J connectivity index is 2.99. The summed E-state index contributed by atoms with van der Waals surface area (Å²) in [7, 11) is 0. The van der Waals surface area contributed by atoms with Crippen molar-refractivity contribution in [1.82, 2.24) is 4.98 Å². The largest absolute Gasteiger partial charge is 0.367 e. The van der Waals surface area contributed by atoms with Gasteiger partial charge in [0.2, 0.25) is 0 Å². The fourth-order valence-electron chi connectivity index (χ4n) is 2.05. The zero-order valence-corrected chi connectivity index (χ0v) is 12.9. The van der Waals surface area contributed by atoms with Gasteiger partial charge in [-0.2, -0.15) is 0 Å². The van der Waals surface area contributed by atoms with Crippen LogP contribution < -0.4 is 5.32 Å². The van der Waals surface area contributed by atoms with Gasteiger partial charge in [-0.1, -0.05) is 41.0 Å². The van der Waals surface area contributed by atoms with Crippen LogP contribution in [0.2, 0.25) is 0 Å². The van der Waals surface area contributed by atoms with Gasteiger partial charge in [-0.25, -0.2) is 4.98 Å². The van der Waals surface area contributed by atoms with Crippen molar-refractivity contribution in [2.75, 3.05) is 5.32 Å². The Kier molecular flexibility index (Phi) is 5.52. The van der Waals surface area contributed by atoms with Gasteiger partial charge < -0.3 is 10.7 Å². The molecule has 0 aliphatic heterocycles. The van der Waals surface area contributed by atoms with E-state index < -0.39 is 0 Å². The summed E-state index contributed by atoms with van der Waals surface area (Å²) in [5.41, 5.74) is 1.39. The molecule has 0 aromatic carbocycles. The highest BCUT2D eigenvalue weighted by Gasteiger charge is 2.22. The maximum absolute atomic E-state index is 8.35. The number of pyridine rings is 1. The Morgan fingerprint density at radius 3 is 2.58 bits per heavy atom. The summed E-state index contributed by atoms with van der Waals surface area (Å²) in [6, 6.07) is 4.33. The second-order valence-electron chi connectivity index (χ2n) is 6.06. The molecule has 0 aliphatic carbocycles. The molecule has 1 aromatic heterocycles. The molecule has 106 valence electrons. The van der Waals surface area contributed by atoms with Gasteiger partial charge >= 0.3 is 0 Å². The van der Waals surface area contributed by atoms with Crippen molar-refractivity contribution >= 4 is 11.5 Å². The van der Waals surface area contributed by atoms with Crippen LogP contribution in [-0.2, 0) is 0 Å². The number of hydrogen-bond acceptors (Lipinski definition) is 3. The van der Waals surface area contributed by atoms with E-state index in [2.05, 4.69) is 44.9 Å². The van der Waals surface area contributed by atoms with E-state index in [1.165, 1.54) is 0 Å². The molecular formula is C16H27N3. The van der Waals surface area contributed by atoms with E-state index in [0.29, 0.717) is 11.8 Å². The first-order chi connectivity index (χ1) is 8.90. The average Bonchev–Trinajstić information content (AvgIpc) is 2.37. The van der Waals surface area contributed by atoms with Crippen molar-refractivity contribution in [3.05, 3.63) is 23.9 Å². The van der Waals surface area contributed by atoms with Crippen molar-refractivity contribution in [3.8, 4) is 0 Å². The minimum Gasteiger partial charge on any atom is -0.367 e. The van der Waals surface area contributed by atoms with E-state index in [-0.39, 0.29) is 5.41 Å². The maximum atomic E-state index is 8.35. The molecule has 0 radical (unpaired) electrons. The molecule has 0 bridgehead atoms. The first kappa shape index (κ1) is 15.7. The third-order valence-corrected chi connectivity index (χ3v) is 3.30. The molecule has 1 aromatic rings.